The highest BCUT2D eigenvalue weighted by molar-refractivity contribution is 5.87. The normalized spacial score (nSPS) is 14.9. The van der Waals surface area contributed by atoms with Crippen molar-refractivity contribution in [3.63, 3.8) is 0 Å². The molecular formula is C10H15N3O2. The third-order valence-electron chi connectivity index (χ3n) is 2.47. The molecule has 0 atom stereocenters. The van der Waals surface area contributed by atoms with E-state index in [4.69, 9.17) is 4.74 Å². The van der Waals surface area contributed by atoms with E-state index < -0.39 is 0 Å². The maximum Gasteiger partial charge on any atom is 0.358 e. The molecule has 0 aliphatic carbocycles. The van der Waals surface area contributed by atoms with E-state index in [1.54, 1.807) is 13.1 Å². The van der Waals surface area contributed by atoms with Crippen LogP contribution in [-0.4, -0.2) is 35.7 Å². The van der Waals surface area contributed by atoms with Gasteiger partial charge < -0.3 is 14.2 Å². The lowest BCUT2D eigenvalue weighted by molar-refractivity contribution is 0.0520. The van der Waals surface area contributed by atoms with Gasteiger partial charge in [-0.1, -0.05) is 0 Å². The second-order valence-corrected chi connectivity index (χ2v) is 3.62. The second-order valence-electron chi connectivity index (χ2n) is 3.62. The van der Waals surface area contributed by atoms with Crippen LogP contribution >= 0.6 is 0 Å². The van der Waals surface area contributed by atoms with Crippen molar-refractivity contribution in [3.05, 3.63) is 11.9 Å². The molecule has 15 heavy (non-hydrogen) atoms. The fourth-order valence-electron chi connectivity index (χ4n) is 1.76. The number of aromatic nitrogens is 2. The summed E-state index contributed by atoms with van der Waals surface area (Å²) in [6.07, 6.45) is 2.85. The largest absolute Gasteiger partial charge is 0.461 e. The first-order valence-electron chi connectivity index (χ1n) is 5.18. The van der Waals surface area contributed by atoms with Crippen LogP contribution in [0.2, 0.25) is 0 Å². The van der Waals surface area contributed by atoms with Crippen molar-refractivity contribution in [2.75, 3.05) is 25.1 Å². The van der Waals surface area contributed by atoms with Crippen molar-refractivity contribution >= 4 is 11.9 Å². The number of esters is 1. The molecule has 0 amide bonds. The Morgan fingerprint density at radius 1 is 1.60 bits per heavy atom. The van der Waals surface area contributed by atoms with Crippen molar-refractivity contribution in [1.82, 2.24) is 9.55 Å². The molecule has 5 heteroatoms. The first-order valence-corrected chi connectivity index (χ1v) is 5.18. The molecule has 0 unspecified atom stereocenters. The third kappa shape index (κ3) is 1.82. The van der Waals surface area contributed by atoms with Crippen LogP contribution in [-0.2, 0) is 11.3 Å². The summed E-state index contributed by atoms with van der Waals surface area (Å²) in [5, 5.41) is 0. The molecule has 2 heterocycles. The molecule has 1 aliphatic rings. The molecule has 0 aromatic carbocycles. The smallest absolute Gasteiger partial charge is 0.358 e. The standard InChI is InChI=1S/C10H15N3O2/c1-3-15-9(14)8-7-13-6-4-5-12(2)10(13)11-8/h7H,3-6H2,1-2H3. The van der Waals surface area contributed by atoms with E-state index in [9.17, 15) is 4.79 Å². The van der Waals surface area contributed by atoms with E-state index in [0.717, 1.165) is 25.5 Å². The van der Waals surface area contributed by atoms with E-state index in [2.05, 4.69) is 4.98 Å². The number of carbonyl (C=O) groups is 1. The Hall–Kier alpha value is -1.52. The van der Waals surface area contributed by atoms with Gasteiger partial charge in [0.25, 0.3) is 0 Å². The van der Waals surface area contributed by atoms with Gasteiger partial charge in [0, 0.05) is 26.3 Å². The maximum atomic E-state index is 11.5. The minimum atomic E-state index is -0.340. The molecule has 1 aliphatic heterocycles. The fourth-order valence-corrected chi connectivity index (χ4v) is 1.76. The van der Waals surface area contributed by atoms with Crippen LogP contribution in [0.1, 0.15) is 23.8 Å². The molecule has 1 aromatic rings. The number of ether oxygens (including phenoxy) is 1. The number of hydrogen-bond acceptors (Lipinski definition) is 4. The third-order valence-corrected chi connectivity index (χ3v) is 2.47. The SMILES string of the molecule is CCOC(=O)c1cn2c(n1)N(C)CCC2. The van der Waals surface area contributed by atoms with Crippen LogP contribution in [0.15, 0.2) is 6.20 Å². The molecule has 0 spiro atoms. The average molecular weight is 209 g/mol. The summed E-state index contributed by atoms with van der Waals surface area (Å²) in [5.41, 5.74) is 0.403. The Labute approximate surface area is 88.7 Å². The van der Waals surface area contributed by atoms with E-state index in [1.807, 2.05) is 16.5 Å². The van der Waals surface area contributed by atoms with Crippen LogP contribution in [0, 0.1) is 0 Å². The molecule has 1 aromatic heterocycles. The lowest BCUT2D eigenvalue weighted by Crippen LogP contribution is -2.28. The van der Waals surface area contributed by atoms with Gasteiger partial charge in [0.05, 0.1) is 6.61 Å². The highest BCUT2D eigenvalue weighted by Crippen LogP contribution is 2.18. The summed E-state index contributed by atoms with van der Waals surface area (Å²) in [4.78, 5) is 17.8. The highest BCUT2D eigenvalue weighted by Gasteiger charge is 2.20. The minimum absolute atomic E-state index is 0.340. The highest BCUT2D eigenvalue weighted by atomic mass is 16.5. The zero-order valence-corrected chi connectivity index (χ0v) is 9.06. The molecule has 0 saturated heterocycles. The average Bonchev–Trinajstić information content (AvgIpc) is 2.63. The zero-order chi connectivity index (χ0) is 10.8. The van der Waals surface area contributed by atoms with E-state index in [0.29, 0.717) is 12.3 Å². The fraction of sp³-hybridized carbons (Fsp3) is 0.600. The Kier molecular flexibility index (Phi) is 2.62. The van der Waals surface area contributed by atoms with Gasteiger partial charge in [0.15, 0.2) is 5.69 Å². The number of aryl methyl sites for hydroxylation is 1. The summed E-state index contributed by atoms with van der Waals surface area (Å²) in [7, 11) is 1.98. The van der Waals surface area contributed by atoms with E-state index in [1.165, 1.54) is 0 Å². The van der Waals surface area contributed by atoms with Gasteiger partial charge in [0.1, 0.15) is 0 Å². The molecule has 2 rings (SSSR count). The topological polar surface area (TPSA) is 47.4 Å². The predicted molar refractivity (Wildman–Crippen MR) is 56.1 cm³/mol. The molecular weight excluding hydrogens is 194 g/mol. The Morgan fingerprint density at radius 3 is 3.07 bits per heavy atom. The van der Waals surface area contributed by atoms with Crippen molar-refractivity contribution in [2.24, 2.45) is 0 Å². The number of rotatable bonds is 2. The number of fused-ring (bicyclic) bond motifs is 1. The van der Waals surface area contributed by atoms with Crippen molar-refractivity contribution in [1.29, 1.82) is 0 Å². The van der Waals surface area contributed by atoms with Crippen LogP contribution < -0.4 is 4.90 Å². The Balaban J connectivity index is 2.25. The quantitative estimate of drug-likeness (QED) is 0.679. The van der Waals surface area contributed by atoms with Gasteiger partial charge >= 0.3 is 5.97 Å². The predicted octanol–water partition coefficient (Wildman–Crippen LogP) is 0.900. The molecule has 0 fully saturated rings. The Morgan fingerprint density at radius 2 is 2.40 bits per heavy atom. The van der Waals surface area contributed by atoms with Gasteiger partial charge in [0.2, 0.25) is 5.95 Å². The van der Waals surface area contributed by atoms with Crippen LogP contribution in [0.25, 0.3) is 0 Å². The first kappa shape index (κ1) is 10.0. The van der Waals surface area contributed by atoms with Crippen LogP contribution in [0.3, 0.4) is 0 Å². The molecule has 5 nitrogen and oxygen atoms in total. The molecule has 0 radical (unpaired) electrons. The van der Waals surface area contributed by atoms with E-state index >= 15 is 0 Å². The molecule has 0 N–H and O–H groups in total. The van der Waals surface area contributed by atoms with Crippen LogP contribution in [0.4, 0.5) is 5.95 Å². The minimum Gasteiger partial charge on any atom is -0.461 e. The summed E-state index contributed by atoms with van der Waals surface area (Å²) < 4.78 is 6.90. The van der Waals surface area contributed by atoms with Gasteiger partial charge in [-0.2, -0.15) is 0 Å². The van der Waals surface area contributed by atoms with Crippen molar-refractivity contribution < 1.29 is 9.53 Å². The summed E-state index contributed by atoms with van der Waals surface area (Å²) in [6, 6.07) is 0. The number of carbonyl (C=O) groups excluding carboxylic acids is 1. The number of nitrogens with zero attached hydrogens (tertiary/aromatic N) is 3. The summed E-state index contributed by atoms with van der Waals surface area (Å²) in [6.45, 7) is 4.09. The van der Waals surface area contributed by atoms with Gasteiger partial charge in [-0.05, 0) is 13.3 Å². The number of anilines is 1. The maximum absolute atomic E-state index is 11.5. The lowest BCUT2D eigenvalue weighted by atomic mass is 10.3. The summed E-state index contributed by atoms with van der Waals surface area (Å²) in [5.74, 6) is 0.511. The molecule has 0 bridgehead atoms. The molecule has 82 valence electrons. The Bertz CT molecular complexity index is 373. The van der Waals surface area contributed by atoms with Crippen molar-refractivity contribution in [3.8, 4) is 0 Å². The lowest BCUT2D eigenvalue weighted by Gasteiger charge is -2.24. The number of imidazole rings is 1. The second kappa shape index (κ2) is 3.92. The zero-order valence-electron chi connectivity index (χ0n) is 9.06. The number of hydrogen-bond donors (Lipinski definition) is 0. The van der Waals surface area contributed by atoms with Gasteiger partial charge in [-0.25, -0.2) is 9.78 Å². The van der Waals surface area contributed by atoms with Gasteiger partial charge in [-0.3, -0.25) is 0 Å². The molecule has 0 saturated carbocycles. The van der Waals surface area contributed by atoms with E-state index in [-0.39, 0.29) is 5.97 Å². The van der Waals surface area contributed by atoms with Gasteiger partial charge in [-0.15, -0.1) is 0 Å². The summed E-state index contributed by atoms with van der Waals surface area (Å²) >= 11 is 0. The van der Waals surface area contributed by atoms with Crippen LogP contribution in [0.5, 0.6) is 0 Å². The monoisotopic (exact) mass is 209 g/mol. The van der Waals surface area contributed by atoms with Crippen molar-refractivity contribution in [2.45, 2.75) is 19.9 Å². The first-order chi connectivity index (χ1) is 7.22.